The third kappa shape index (κ3) is 7.56. The van der Waals surface area contributed by atoms with Crippen LogP contribution in [0.5, 0.6) is 0 Å². The first-order valence-corrected chi connectivity index (χ1v) is 10.4. The van der Waals surface area contributed by atoms with Gasteiger partial charge in [-0.1, -0.05) is 6.92 Å². The maximum absolute atomic E-state index is 12.2. The number of thiol groups is 1. The van der Waals surface area contributed by atoms with Crippen LogP contribution in [0.15, 0.2) is 0 Å². The van der Waals surface area contributed by atoms with Gasteiger partial charge < -0.3 is 21.7 Å². The highest BCUT2D eigenvalue weighted by molar-refractivity contribution is 7.98. The SMILES string of the molecule is CSCCC(N)P(=O)(O)CC(C)C(=O)N[C@@H](CS)C(N)=O. The average molecular weight is 357 g/mol. The van der Waals surface area contributed by atoms with Crippen LogP contribution in [0.1, 0.15) is 13.3 Å². The quantitative estimate of drug-likeness (QED) is 0.272. The van der Waals surface area contributed by atoms with Crippen LogP contribution < -0.4 is 16.8 Å². The first-order valence-electron chi connectivity index (χ1n) is 6.42. The summed E-state index contributed by atoms with van der Waals surface area (Å²) in [6.07, 6.45) is 2.06. The average Bonchev–Trinajstić information content (AvgIpc) is 2.40. The summed E-state index contributed by atoms with van der Waals surface area (Å²) >= 11 is 5.45. The second-order valence-corrected chi connectivity index (χ2v) is 8.72. The van der Waals surface area contributed by atoms with Crippen molar-refractivity contribution in [2.24, 2.45) is 17.4 Å². The Labute approximate surface area is 134 Å². The summed E-state index contributed by atoms with van der Waals surface area (Å²) in [7, 11) is -3.63. The standard InChI is InChI=1S/C11H24N3O4PS2/c1-7(11(16)14-8(6-20)10(13)15)5-19(17,18)9(12)3-4-21-2/h7-9,20H,3-6,12H2,1-2H3,(H2,13,15)(H,14,16)(H,17,18)/t7?,8-,9?/m0/s1. The molecule has 2 amide bonds. The molecule has 7 nitrogen and oxygen atoms in total. The molecule has 6 N–H and O–H groups in total. The van der Waals surface area contributed by atoms with Gasteiger partial charge in [0.25, 0.3) is 0 Å². The minimum Gasteiger partial charge on any atom is -0.368 e. The van der Waals surface area contributed by atoms with Gasteiger partial charge in [-0.25, -0.2) is 0 Å². The van der Waals surface area contributed by atoms with Gasteiger partial charge in [-0.15, -0.1) is 0 Å². The van der Waals surface area contributed by atoms with Crippen LogP contribution in [0.3, 0.4) is 0 Å². The Morgan fingerprint density at radius 1 is 1.48 bits per heavy atom. The second kappa shape index (κ2) is 9.74. The third-order valence-electron chi connectivity index (χ3n) is 2.96. The van der Waals surface area contributed by atoms with Crippen molar-refractivity contribution in [3.05, 3.63) is 0 Å². The summed E-state index contributed by atoms with van der Waals surface area (Å²) in [6.45, 7) is 1.51. The van der Waals surface area contributed by atoms with Crippen LogP contribution in [0.2, 0.25) is 0 Å². The number of hydrogen-bond acceptors (Lipinski definition) is 6. The van der Waals surface area contributed by atoms with E-state index in [2.05, 4.69) is 17.9 Å². The molecule has 0 rings (SSSR count). The summed E-state index contributed by atoms with van der Waals surface area (Å²) in [4.78, 5) is 32.9. The number of nitrogens with two attached hydrogens (primary N) is 2. The minimum atomic E-state index is -3.63. The van der Waals surface area contributed by atoms with Crippen molar-refractivity contribution in [1.82, 2.24) is 5.32 Å². The number of nitrogens with one attached hydrogen (secondary N) is 1. The molecule has 0 aliphatic carbocycles. The van der Waals surface area contributed by atoms with E-state index in [1.165, 1.54) is 18.7 Å². The van der Waals surface area contributed by atoms with Crippen molar-refractivity contribution in [2.45, 2.75) is 25.2 Å². The van der Waals surface area contributed by atoms with Crippen LogP contribution in [0, 0.1) is 5.92 Å². The Balaban J connectivity index is 4.58. The Morgan fingerprint density at radius 2 is 2.05 bits per heavy atom. The number of thioether (sulfide) groups is 1. The van der Waals surface area contributed by atoms with Gasteiger partial charge in [0.1, 0.15) is 6.04 Å². The zero-order valence-electron chi connectivity index (χ0n) is 12.2. The molecule has 0 aromatic rings. The molecule has 4 atom stereocenters. The maximum atomic E-state index is 12.2. The first-order chi connectivity index (χ1) is 9.65. The number of rotatable bonds is 10. The van der Waals surface area contributed by atoms with Crippen LogP contribution in [0.4, 0.5) is 0 Å². The first kappa shape index (κ1) is 20.8. The number of hydrogen-bond donors (Lipinski definition) is 5. The van der Waals surface area contributed by atoms with E-state index >= 15 is 0 Å². The molecule has 0 radical (unpaired) electrons. The Hall–Kier alpha value is -0.210. The van der Waals surface area contributed by atoms with E-state index in [1.54, 1.807) is 0 Å². The molecule has 0 aromatic carbocycles. The lowest BCUT2D eigenvalue weighted by molar-refractivity contribution is -0.128. The van der Waals surface area contributed by atoms with Crippen LogP contribution in [-0.4, -0.2) is 52.5 Å². The monoisotopic (exact) mass is 357 g/mol. The lowest BCUT2D eigenvalue weighted by Gasteiger charge is -2.23. The Bertz CT molecular complexity index is 411. The molecular formula is C11H24N3O4PS2. The number of carbonyl (C=O) groups excluding carboxylic acids is 2. The van der Waals surface area contributed by atoms with Gasteiger partial charge in [-0.2, -0.15) is 24.4 Å². The van der Waals surface area contributed by atoms with Crippen molar-refractivity contribution in [3.8, 4) is 0 Å². The fourth-order valence-electron chi connectivity index (χ4n) is 1.57. The normalized spacial score (nSPS) is 18.3. The topological polar surface area (TPSA) is 136 Å². The second-order valence-electron chi connectivity index (χ2n) is 4.83. The molecule has 0 fully saturated rings. The zero-order chi connectivity index (χ0) is 16.6. The highest BCUT2D eigenvalue weighted by Gasteiger charge is 2.32. The van der Waals surface area contributed by atoms with Gasteiger partial charge in [-0.3, -0.25) is 14.2 Å². The van der Waals surface area contributed by atoms with Crippen molar-refractivity contribution in [1.29, 1.82) is 0 Å². The number of primary amides is 1. The van der Waals surface area contributed by atoms with Crippen molar-refractivity contribution >= 4 is 43.6 Å². The predicted molar refractivity (Wildman–Crippen MR) is 89.8 cm³/mol. The number of amides is 2. The summed E-state index contributed by atoms with van der Waals surface area (Å²) < 4.78 is 12.2. The van der Waals surface area contributed by atoms with Gasteiger partial charge in [0.2, 0.25) is 19.2 Å². The molecule has 21 heavy (non-hydrogen) atoms. The van der Waals surface area contributed by atoms with E-state index in [0.717, 1.165) is 0 Å². The zero-order valence-corrected chi connectivity index (χ0v) is 14.8. The van der Waals surface area contributed by atoms with E-state index in [0.29, 0.717) is 12.2 Å². The maximum Gasteiger partial charge on any atom is 0.240 e. The van der Waals surface area contributed by atoms with Crippen LogP contribution >= 0.6 is 31.8 Å². The molecule has 0 saturated carbocycles. The molecule has 10 heteroatoms. The molecule has 0 aliphatic rings. The van der Waals surface area contributed by atoms with Crippen LogP contribution in [0.25, 0.3) is 0 Å². The van der Waals surface area contributed by atoms with Crippen molar-refractivity contribution in [3.63, 3.8) is 0 Å². The smallest absolute Gasteiger partial charge is 0.240 e. The van der Waals surface area contributed by atoms with Gasteiger partial charge in [0.15, 0.2) is 0 Å². The Kier molecular flexibility index (Phi) is 9.64. The van der Waals surface area contributed by atoms with E-state index < -0.39 is 36.9 Å². The van der Waals surface area contributed by atoms with Crippen LogP contribution in [-0.2, 0) is 14.2 Å². The van der Waals surface area contributed by atoms with Gasteiger partial charge in [0.05, 0.1) is 5.78 Å². The molecule has 0 spiro atoms. The molecule has 0 heterocycles. The van der Waals surface area contributed by atoms with Crippen molar-refractivity contribution in [2.75, 3.05) is 23.9 Å². The van der Waals surface area contributed by atoms with E-state index in [-0.39, 0.29) is 11.9 Å². The predicted octanol–water partition coefficient (Wildman–Crippen LogP) is -0.169. The summed E-state index contributed by atoms with van der Waals surface area (Å²) in [5.74, 6) is -2.07. The lowest BCUT2D eigenvalue weighted by Crippen LogP contribution is -2.48. The minimum absolute atomic E-state index is 0.0673. The highest BCUT2D eigenvalue weighted by Crippen LogP contribution is 2.47. The summed E-state index contributed by atoms with van der Waals surface area (Å²) in [5, 5.41) is 2.40. The molecule has 0 bridgehead atoms. The largest absolute Gasteiger partial charge is 0.368 e. The Morgan fingerprint density at radius 3 is 2.48 bits per heavy atom. The molecule has 124 valence electrons. The van der Waals surface area contributed by atoms with Gasteiger partial charge in [-0.05, 0) is 18.4 Å². The summed E-state index contributed by atoms with van der Waals surface area (Å²) in [6, 6.07) is -0.897. The fourth-order valence-corrected chi connectivity index (χ4v) is 4.26. The molecule has 0 saturated heterocycles. The van der Waals surface area contributed by atoms with E-state index in [1.807, 2.05) is 6.26 Å². The van der Waals surface area contributed by atoms with Gasteiger partial charge in [0, 0.05) is 17.8 Å². The molecule has 0 aliphatic heterocycles. The lowest BCUT2D eigenvalue weighted by atomic mass is 10.2. The summed E-state index contributed by atoms with van der Waals surface area (Å²) in [5.41, 5.74) is 10.8. The highest BCUT2D eigenvalue weighted by atomic mass is 32.2. The molecule has 0 aromatic heterocycles. The molecule has 3 unspecified atom stereocenters. The number of carbonyl (C=O) groups is 2. The van der Waals surface area contributed by atoms with E-state index in [4.69, 9.17) is 11.5 Å². The molecular weight excluding hydrogens is 333 g/mol. The van der Waals surface area contributed by atoms with E-state index in [9.17, 15) is 19.0 Å². The fraction of sp³-hybridized carbons (Fsp3) is 0.818. The third-order valence-corrected chi connectivity index (χ3v) is 6.34. The van der Waals surface area contributed by atoms with Gasteiger partial charge >= 0.3 is 0 Å². The van der Waals surface area contributed by atoms with Crippen molar-refractivity contribution < 1.29 is 19.0 Å².